The molecule has 0 aliphatic carbocycles. The summed E-state index contributed by atoms with van der Waals surface area (Å²) < 4.78 is 22.6. The molecule has 0 amide bonds. The first-order chi connectivity index (χ1) is 18.0. The number of aliphatic hydroxyl groups is 2. The minimum Gasteiger partial charge on any atom is -0.504 e. The van der Waals surface area contributed by atoms with Gasteiger partial charge in [0.1, 0.15) is 12.2 Å². The van der Waals surface area contributed by atoms with Gasteiger partial charge in [0.2, 0.25) is 11.5 Å². The maximum Gasteiger partial charge on any atom is 0.336 e. The number of phenols is 1. The number of benzene rings is 2. The molecular weight excluding hydrogens is 492 g/mol. The Kier molecular flexibility index (Phi) is 7.43. The lowest BCUT2D eigenvalue weighted by Crippen LogP contribution is -2.20. The van der Waals surface area contributed by atoms with Crippen molar-refractivity contribution in [1.29, 1.82) is 0 Å². The van der Waals surface area contributed by atoms with Gasteiger partial charge in [-0.1, -0.05) is 18.2 Å². The summed E-state index contributed by atoms with van der Waals surface area (Å²) in [6, 6.07) is 8.61. The van der Waals surface area contributed by atoms with Crippen molar-refractivity contribution >= 4 is 21.9 Å². The monoisotopic (exact) mass is 520 g/mol. The fourth-order valence-corrected chi connectivity index (χ4v) is 4.04. The molecule has 2 aromatic heterocycles. The molecule has 0 fully saturated rings. The van der Waals surface area contributed by atoms with Gasteiger partial charge < -0.3 is 33.6 Å². The van der Waals surface area contributed by atoms with Gasteiger partial charge in [0, 0.05) is 34.0 Å². The summed E-state index contributed by atoms with van der Waals surface area (Å²) in [5, 5.41) is 33.5. The number of methoxy groups -OCH3 is 1. The molecule has 2 aromatic carbocycles. The van der Waals surface area contributed by atoms with Crippen LogP contribution in [-0.4, -0.2) is 28.5 Å². The maximum absolute atomic E-state index is 12.2. The lowest BCUT2D eigenvalue weighted by atomic mass is 9.97. The number of hydrogen-bond donors (Lipinski definition) is 3. The van der Waals surface area contributed by atoms with Crippen molar-refractivity contribution in [2.24, 2.45) is 0 Å². The molecular formula is C29H28O9. The molecule has 2 heterocycles. The number of aliphatic hydroxyl groups excluding tert-OH is 2. The fourth-order valence-electron chi connectivity index (χ4n) is 4.04. The second-order valence-electron chi connectivity index (χ2n) is 9.21. The van der Waals surface area contributed by atoms with Gasteiger partial charge in [-0.2, -0.15) is 0 Å². The molecule has 0 aliphatic rings. The lowest BCUT2D eigenvalue weighted by molar-refractivity contribution is 0.0398. The SMILES string of the molecule is C=C(C)[C@@H](O)[C@H](O)c1cc2ccc(=O)oc2c(Oc2c(O)c(CC=C(C)C)cc3ccc(=O)oc23)c1OC. The third-order valence-corrected chi connectivity index (χ3v) is 6.03. The lowest BCUT2D eigenvalue weighted by Gasteiger charge is -2.23. The van der Waals surface area contributed by atoms with Crippen LogP contribution in [0.3, 0.4) is 0 Å². The molecule has 198 valence electrons. The summed E-state index contributed by atoms with van der Waals surface area (Å²) in [7, 11) is 1.31. The number of rotatable bonds is 8. The van der Waals surface area contributed by atoms with Crippen LogP contribution in [0.1, 0.15) is 38.0 Å². The van der Waals surface area contributed by atoms with Gasteiger partial charge in [-0.3, -0.25) is 0 Å². The fraction of sp³-hybridized carbons (Fsp3) is 0.241. The molecule has 4 aromatic rings. The highest BCUT2D eigenvalue weighted by atomic mass is 16.5. The topological polar surface area (TPSA) is 140 Å². The van der Waals surface area contributed by atoms with E-state index < -0.39 is 23.5 Å². The van der Waals surface area contributed by atoms with Crippen LogP contribution in [0.4, 0.5) is 0 Å². The summed E-state index contributed by atoms with van der Waals surface area (Å²) >= 11 is 0. The van der Waals surface area contributed by atoms with E-state index in [9.17, 15) is 24.9 Å². The molecule has 0 aliphatic heterocycles. The Balaban J connectivity index is 2.05. The molecule has 0 radical (unpaired) electrons. The molecule has 9 nitrogen and oxygen atoms in total. The van der Waals surface area contributed by atoms with E-state index in [2.05, 4.69) is 6.58 Å². The number of allylic oxidation sites excluding steroid dienone is 2. The molecule has 4 rings (SSSR count). The highest BCUT2D eigenvalue weighted by Crippen LogP contribution is 2.48. The Morgan fingerprint density at radius 3 is 2.08 bits per heavy atom. The van der Waals surface area contributed by atoms with Crippen molar-refractivity contribution in [3.8, 4) is 23.0 Å². The van der Waals surface area contributed by atoms with Crippen LogP contribution in [0, 0.1) is 0 Å². The van der Waals surface area contributed by atoms with Crippen LogP contribution in [0.5, 0.6) is 23.0 Å². The van der Waals surface area contributed by atoms with Crippen LogP contribution in [0.25, 0.3) is 21.9 Å². The third-order valence-electron chi connectivity index (χ3n) is 6.03. The first-order valence-corrected chi connectivity index (χ1v) is 11.8. The average molecular weight is 521 g/mol. The van der Waals surface area contributed by atoms with Crippen molar-refractivity contribution in [2.45, 2.75) is 39.4 Å². The van der Waals surface area contributed by atoms with Gasteiger partial charge in [-0.05, 0) is 57.0 Å². The van der Waals surface area contributed by atoms with Gasteiger partial charge in [0.15, 0.2) is 22.7 Å². The molecule has 38 heavy (non-hydrogen) atoms. The van der Waals surface area contributed by atoms with Gasteiger partial charge in [-0.15, -0.1) is 0 Å². The van der Waals surface area contributed by atoms with E-state index in [0.29, 0.717) is 28.3 Å². The number of phenolic OH excluding ortho intramolecular Hbond substituents is 1. The molecule has 9 heteroatoms. The largest absolute Gasteiger partial charge is 0.504 e. The quantitative estimate of drug-likeness (QED) is 0.219. The van der Waals surface area contributed by atoms with Crippen molar-refractivity contribution in [2.75, 3.05) is 7.11 Å². The Morgan fingerprint density at radius 2 is 1.53 bits per heavy atom. The molecule has 2 atom stereocenters. The van der Waals surface area contributed by atoms with E-state index in [-0.39, 0.29) is 39.7 Å². The second-order valence-corrected chi connectivity index (χ2v) is 9.21. The normalized spacial score (nSPS) is 12.8. The predicted molar refractivity (Wildman–Crippen MR) is 142 cm³/mol. The zero-order valence-corrected chi connectivity index (χ0v) is 21.4. The maximum atomic E-state index is 12.2. The van der Waals surface area contributed by atoms with E-state index in [1.165, 1.54) is 31.4 Å². The average Bonchev–Trinajstić information content (AvgIpc) is 2.88. The Hall–Kier alpha value is -4.34. The summed E-state index contributed by atoms with van der Waals surface area (Å²) in [6.07, 6.45) is -0.553. The van der Waals surface area contributed by atoms with Gasteiger partial charge >= 0.3 is 11.3 Å². The summed E-state index contributed by atoms with van der Waals surface area (Å²) in [5.41, 5.74) is 0.491. The predicted octanol–water partition coefficient (Wildman–Crippen LogP) is 4.89. The summed E-state index contributed by atoms with van der Waals surface area (Å²) in [4.78, 5) is 24.2. The van der Waals surface area contributed by atoms with Crippen LogP contribution in [0.15, 0.2) is 78.6 Å². The third kappa shape index (κ3) is 5.06. The Labute approximate surface area is 217 Å². The Bertz CT molecular complexity index is 1690. The van der Waals surface area contributed by atoms with Crippen LogP contribution in [0.2, 0.25) is 0 Å². The second kappa shape index (κ2) is 10.6. The highest BCUT2D eigenvalue weighted by molar-refractivity contribution is 5.90. The van der Waals surface area contributed by atoms with Gasteiger partial charge in [0.05, 0.1) is 7.11 Å². The first-order valence-electron chi connectivity index (χ1n) is 11.8. The standard InChI is InChI=1S/C29H28O9/c1-14(2)6-7-16-12-17-8-10-20(30)36-25(17)28(23(16)33)38-29-26-18(9-11-21(31)37-26)13-19(27(29)35-5)24(34)22(32)15(3)4/h6,8-13,22,24,32-34H,3,7H2,1-2,4-5H3/t22-,24-/m1/s1. The zero-order valence-electron chi connectivity index (χ0n) is 21.4. The number of hydrogen-bond acceptors (Lipinski definition) is 9. The number of ether oxygens (including phenoxy) is 2. The van der Waals surface area contributed by atoms with Crippen molar-refractivity contribution < 1.29 is 33.6 Å². The van der Waals surface area contributed by atoms with E-state index in [1.54, 1.807) is 19.1 Å². The Morgan fingerprint density at radius 1 is 0.947 bits per heavy atom. The molecule has 0 saturated heterocycles. The molecule has 0 bridgehead atoms. The number of aromatic hydroxyl groups is 1. The van der Waals surface area contributed by atoms with Crippen LogP contribution >= 0.6 is 0 Å². The highest BCUT2D eigenvalue weighted by Gasteiger charge is 2.29. The molecule has 0 unspecified atom stereocenters. The molecule has 0 spiro atoms. The van der Waals surface area contributed by atoms with Crippen molar-refractivity contribution in [1.82, 2.24) is 0 Å². The smallest absolute Gasteiger partial charge is 0.336 e. The van der Waals surface area contributed by atoms with Crippen LogP contribution < -0.4 is 20.7 Å². The van der Waals surface area contributed by atoms with E-state index in [4.69, 9.17) is 18.3 Å². The minimum absolute atomic E-state index is 0.0441. The molecule has 0 saturated carbocycles. The van der Waals surface area contributed by atoms with Gasteiger partial charge in [0.25, 0.3) is 0 Å². The first kappa shape index (κ1) is 26.7. The van der Waals surface area contributed by atoms with Crippen molar-refractivity contribution in [3.05, 3.63) is 92.2 Å². The van der Waals surface area contributed by atoms with E-state index in [1.807, 2.05) is 19.9 Å². The number of fused-ring (bicyclic) bond motifs is 2. The van der Waals surface area contributed by atoms with Crippen molar-refractivity contribution in [3.63, 3.8) is 0 Å². The molecule has 3 N–H and O–H groups in total. The van der Waals surface area contributed by atoms with E-state index >= 15 is 0 Å². The summed E-state index contributed by atoms with van der Waals surface area (Å²) in [5.74, 6) is -0.755. The van der Waals surface area contributed by atoms with Gasteiger partial charge in [-0.25, -0.2) is 9.59 Å². The summed E-state index contributed by atoms with van der Waals surface area (Å²) in [6.45, 7) is 9.09. The van der Waals surface area contributed by atoms with Crippen LogP contribution in [-0.2, 0) is 6.42 Å². The minimum atomic E-state index is -1.48. The van der Waals surface area contributed by atoms with E-state index in [0.717, 1.165) is 5.57 Å². The zero-order chi connectivity index (χ0) is 27.7.